The van der Waals surface area contributed by atoms with Gasteiger partial charge in [0.05, 0.1) is 0 Å². The molecule has 1 saturated heterocycles. The van der Waals surface area contributed by atoms with Crippen LogP contribution in [0.1, 0.15) is 28.8 Å². The fourth-order valence-corrected chi connectivity index (χ4v) is 3.14. The van der Waals surface area contributed by atoms with Gasteiger partial charge in [-0.1, -0.05) is 11.6 Å². The van der Waals surface area contributed by atoms with Gasteiger partial charge in [-0.05, 0) is 60.9 Å². The molecule has 8 heteroatoms. The molecular formula is C20H21ClN4O3. The summed E-state index contributed by atoms with van der Waals surface area (Å²) in [7, 11) is 0. The van der Waals surface area contributed by atoms with Crippen molar-refractivity contribution < 1.29 is 14.8 Å². The van der Waals surface area contributed by atoms with E-state index in [2.05, 4.69) is 10.3 Å². The second-order valence-electron chi connectivity index (χ2n) is 6.50. The molecule has 0 radical (unpaired) electrons. The number of piperidine rings is 1. The summed E-state index contributed by atoms with van der Waals surface area (Å²) in [5.41, 5.74) is 2.93. The Morgan fingerprint density at radius 3 is 2.46 bits per heavy atom. The number of nitrogens with one attached hydrogen (secondary N) is 2. The van der Waals surface area contributed by atoms with E-state index in [0.29, 0.717) is 23.7 Å². The number of pyridine rings is 1. The first-order valence-corrected chi connectivity index (χ1v) is 9.32. The van der Waals surface area contributed by atoms with E-state index in [1.54, 1.807) is 36.5 Å². The SMILES string of the molecule is O=C(C=Cc1ccc(NC2CCN(C(=O)c3ccc(Cl)cc3)CC2)nc1)NO. The van der Waals surface area contributed by atoms with E-state index in [-0.39, 0.29) is 11.9 Å². The van der Waals surface area contributed by atoms with Gasteiger partial charge in [0.1, 0.15) is 5.82 Å². The summed E-state index contributed by atoms with van der Waals surface area (Å²) in [6.07, 6.45) is 6.09. The van der Waals surface area contributed by atoms with Crippen LogP contribution in [0.3, 0.4) is 0 Å². The van der Waals surface area contributed by atoms with Crippen molar-refractivity contribution in [2.75, 3.05) is 18.4 Å². The zero-order valence-corrected chi connectivity index (χ0v) is 15.9. The van der Waals surface area contributed by atoms with E-state index in [4.69, 9.17) is 16.8 Å². The zero-order chi connectivity index (χ0) is 19.9. The number of carbonyl (C=O) groups is 2. The minimum Gasteiger partial charge on any atom is -0.367 e. The number of halogens is 1. The fraction of sp³-hybridized carbons (Fsp3) is 0.250. The molecular weight excluding hydrogens is 380 g/mol. The molecule has 3 rings (SSSR count). The molecule has 1 fully saturated rings. The number of likely N-dealkylation sites (tertiary alicyclic amines) is 1. The molecule has 1 aromatic heterocycles. The number of rotatable bonds is 5. The Hall–Kier alpha value is -2.90. The molecule has 2 amide bonds. The van der Waals surface area contributed by atoms with Gasteiger partial charge in [0.15, 0.2) is 0 Å². The van der Waals surface area contributed by atoms with Crippen molar-refractivity contribution in [3.63, 3.8) is 0 Å². The third-order valence-electron chi connectivity index (χ3n) is 4.55. The first kappa shape index (κ1) is 19.9. The van der Waals surface area contributed by atoms with Crippen molar-refractivity contribution in [1.82, 2.24) is 15.4 Å². The number of nitrogens with zero attached hydrogens (tertiary/aromatic N) is 2. The number of benzene rings is 1. The Labute approximate surface area is 168 Å². The lowest BCUT2D eigenvalue weighted by molar-refractivity contribution is -0.124. The predicted octanol–water partition coefficient (Wildman–Crippen LogP) is 2.97. The van der Waals surface area contributed by atoms with Crippen molar-refractivity contribution in [1.29, 1.82) is 0 Å². The Morgan fingerprint density at radius 1 is 1.14 bits per heavy atom. The van der Waals surface area contributed by atoms with Gasteiger partial charge in [0.2, 0.25) is 0 Å². The average Bonchev–Trinajstić information content (AvgIpc) is 2.73. The molecule has 0 bridgehead atoms. The molecule has 0 spiro atoms. The molecule has 28 heavy (non-hydrogen) atoms. The smallest absolute Gasteiger partial charge is 0.267 e. The van der Waals surface area contributed by atoms with E-state index >= 15 is 0 Å². The molecule has 1 aliphatic rings. The van der Waals surface area contributed by atoms with Crippen LogP contribution in [0.2, 0.25) is 5.02 Å². The molecule has 3 N–H and O–H groups in total. The van der Waals surface area contributed by atoms with E-state index in [9.17, 15) is 9.59 Å². The molecule has 0 saturated carbocycles. The van der Waals surface area contributed by atoms with Crippen LogP contribution >= 0.6 is 11.6 Å². The first-order chi connectivity index (χ1) is 13.5. The topological polar surface area (TPSA) is 94.6 Å². The summed E-state index contributed by atoms with van der Waals surface area (Å²) < 4.78 is 0. The molecule has 1 aliphatic heterocycles. The van der Waals surface area contributed by atoms with Crippen LogP contribution in [-0.4, -0.2) is 46.0 Å². The van der Waals surface area contributed by atoms with E-state index in [1.165, 1.54) is 11.6 Å². The highest BCUT2D eigenvalue weighted by Gasteiger charge is 2.23. The minimum atomic E-state index is -0.595. The summed E-state index contributed by atoms with van der Waals surface area (Å²) >= 11 is 5.88. The number of hydrogen-bond acceptors (Lipinski definition) is 5. The normalized spacial score (nSPS) is 14.9. The maximum atomic E-state index is 12.5. The van der Waals surface area contributed by atoms with Crippen molar-refractivity contribution in [3.05, 3.63) is 64.8 Å². The summed E-state index contributed by atoms with van der Waals surface area (Å²) in [5.74, 6) is 0.171. The molecule has 0 aliphatic carbocycles. The van der Waals surface area contributed by atoms with Crippen LogP contribution in [-0.2, 0) is 4.79 Å². The van der Waals surface area contributed by atoms with Crippen LogP contribution in [0.5, 0.6) is 0 Å². The molecule has 0 atom stereocenters. The second-order valence-corrected chi connectivity index (χ2v) is 6.94. The molecule has 0 unspecified atom stereocenters. The summed E-state index contributed by atoms with van der Waals surface area (Å²) in [5, 5.41) is 12.5. The van der Waals surface area contributed by atoms with Crippen LogP contribution in [0, 0.1) is 0 Å². The third-order valence-corrected chi connectivity index (χ3v) is 4.80. The van der Waals surface area contributed by atoms with Gasteiger partial charge < -0.3 is 10.2 Å². The standard InChI is InChI=1S/C20H21ClN4O3/c21-16-5-3-15(4-6-16)20(27)25-11-9-17(10-12-25)23-18-7-1-14(13-22-18)2-8-19(26)24-28/h1-8,13,17,28H,9-12H2,(H,22,23)(H,24,26). The lowest BCUT2D eigenvalue weighted by Gasteiger charge is -2.32. The van der Waals surface area contributed by atoms with Crippen LogP contribution in [0.25, 0.3) is 6.08 Å². The van der Waals surface area contributed by atoms with Crippen molar-refractivity contribution in [2.24, 2.45) is 0 Å². The number of amides is 2. The van der Waals surface area contributed by atoms with Gasteiger partial charge in [0, 0.05) is 42.0 Å². The Bertz CT molecular complexity index is 845. The van der Waals surface area contributed by atoms with Crippen LogP contribution < -0.4 is 10.8 Å². The quantitative estimate of drug-likeness (QED) is 0.407. The second kappa shape index (κ2) is 9.34. The van der Waals surface area contributed by atoms with Gasteiger partial charge in [0.25, 0.3) is 11.8 Å². The highest BCUT2D eigenvalue weighted by Crippen LogP contribution is 2.18. The summed E-state index contributed by atoms with van der Waals surface area (Å²) in [4.78, 5) is 29.7. The lowest BCUT2D eigenvalue weighted by Crippen LogP contribution is -2.42. The molecule has 1 aromatic carbocycles. The van der Waals surface area contributed by atoms with Gasteiger partial charge >= 0.3 is 0 Å². The van der Waals surface area contributed by atoms with Gasteiger partial charge in [-0.15, -0.1) is 0 Å². The number of carbonyl (C=O) groups excluding carboxylic acids is 2. The van der Waals surface area contributed by atoms with E-state index < -0.39 is 5.91 Å². The molecule has 146 valence electrons. The van der Waals surface area contributed by atoms with Crippen LogP contribution in [0.4, 0.5) is 5.82 Å². The van der Waals surface area contributed by atoms with Gasteiger partial charge in [-0.25, -0.2) is 10.5 Å². The average molecular weight is 401 g/mol. The highest BCUT2D eigenvalue weighted by atomic mass is 35.5. The Morgan fingerprint density at radius 2 is 1.86 bits per heavy atom. The van der Waals surface area contributed by atoms with E-state index in [0.717, 1.165) is 24.2 Å². The first-order valence-electron chi connectivity index (χ1n) is 8.95. The maximum Gasteiger partial charge on any atom is 0.267 e. The third kappa shape index (κ3) is 5.31. The summed E-state index contributed by atoms with van der Waals surface area (Å²) in [6.45, 7) is 1.35. The van der Waals surface area contributed by atoms with Gasteiger partial charge in [-0.2, -0.15) is 0 Å². The number of anilines is 1. The Balaban J connectivity index is 1.50. The summed E-state index contributed by atoms with van der Waals surface area (Å²) in [6, 6.07) is 10.9. The number of aromatic nitrogens is 1. The fourth-order valence-electron chi connectivity index (χ4n) is 3.01. The van der Waals surface area contributed by atoms with Crippen molar-refractivity contribution in [3.8, 4) is 0 Å². The lowest BCUT2D eigenvalue weighted by atomic mass is 10.0. The Kier molecular flexibility index (Phi) is 6.62. The minimum absolute atomic E-state index is 0.0243. The highest BCUT2D eigenvalue weighted by molar-refractivity contribution is 6.30. The maximum absolute atomic E-state index is 12.5. The predicted molar refractivity (Wildman–Crippen MR) is 107 cm³/mol. The molecule has 2 aromatic rings. The number of hydrogen-bond donors (Lipinski definition) is 3. The monoisotopic (exact) mass is 400 g/mol. The van der Waals surface area contributed by atoms with Crippen molar-refractivity contribution >= 4 is 35.3 Å². The molecule has 7 nitrogen and oxygen atoms in total. The largest absolute Gasteiger partial charge is 0.367 e. The van der Waals surface area contributed by atoms with Crippen LogP contribution in [0.15, 0.2) is 48.7 Å². The van der Waals surface area contributed by atoms with Crippen molar-refractivity contribution in [2.45, 2.75) is 18.9 Å². The van der Waals surface area contributed by atoms with Gasteiger partial charge in [-0.3, -0.25) is 14.8 Å². The zero-order valence-electron chi connectivity index (χ0n) is 15.1. The van der Waals surface area contributed by atoms with E-state index in [1.807, 2.05) is 17.0 Å². The molecule has 2 heterocycles. The number of hydroxylamine groups is 1.